The van der Waals surface area contributed by atoms with Crippen molar-refractivity contribution in [3.63, 3.8) is 0 Å². The molecule has 0 aliphatic carbocycles. The van der Waals surface area contributed by atoms with Gasteiger partial charge in [-0.05, 0) is 38.2 Å². The molecule has 5 heteroatoms. The molecule has 0 heterocycles. The van der Waals surface area contributed by atoms with Crippen LogP contribution in [-0.4, -0.2) is 36.5 Å². The molecule has 0 bridgehead atoms. The lowest BCUT2D eigenvalue weighted by molar-refractivity contribution is 0.0930. The van der Waals surface area contributed by atoms with E-state index in [0.717, 1.165) is 19.6 Å². The third kappa shape index (κ3) is 4.73. The van der Waals surface area contributed by atoms with E-state index in [9.17, 15) is 4.79 Å². The molecule has 0 radical (unpaired) electrons. The van der Waals surface area contributed by atoms with Crippen LogP contribution in [0.4, 0.5) is 5.69 Å². The number of hydrogen-bond donors (Lipinski definition) is 2. The van der Waals surface area contributed by atoms with Crippen molar-refractivity contribution < 1.29 is 4.79 Å². The van der Waals surface area contributed by atoms with Crippen LogP contribution in [0.15, 0.2) is 18.2 Å². The SMILES string of the molecule is CCN(CC)C[C@@H](C)NC(=O)c1ccc(N)cc1Cl. The molecule has 0 spiro atoms. The van der Waals surface area contributed by atoms with Crippen LogP contribution in [-0.2, 0) is 0 Å². The molecular weight excluding hydrogens is 262 g/mol. The molecule has 106 valence electrons. The fourth-order valence-electron chi connectivity index (χ4n) is 1.93. The minimum atomic E-state index is -0.162. The number of benzene rings is 1. The molecule has 0 unspecified atom stereocenters. The number of carbonyl (C=O) groups is 1. The predicted molar refractivity (Wildman–Crippen MR) is 80.6 cm³/mol. The molecule has 0 saturated heterocycles. The largest absolute Gasteiger partial charge is 0.399 e. The van der Waals surface area contributed by atoms with Crippen LogP contribution in [0.3, 0.4) is 0 Å². The van der Waals surface area contributed by atoms with Crippen molar-refractivity contribution in [1.82, 2.24) is 10.2 Å². The van der Waals surface area contributed by atoms with Crippen molar-refractivity contribution in [2.24, 2.45) is 0 Å². The number of nitrogens with one attached hydrogen (secondary N) is 1. The van der Waals surface area contributed by atoms with Gasteiger partial charge in [0.2, 0.25) is 0 Å². The Labute approximate surface area is 119 Å². The lowest BCUT2D eigenvalue weighted by atomic mass is 10.1. The Morgan fingerprint density at radius 1 is 1.42 bits per heavy atom. The van der Waals surface area contributed by atoms with E-state index in [4.69, 9.17) is 17.3 Å². The molecule has 0 aliphatic heterocycles. The maximum atomic E-state index is 12.1. The van der Waals surface area contributed by atoms with E-state index >= 15 is 0 Å². The van der Waals surface area contributed by atoms with Crippen LogP contribution in [0.2, 0.25) is 5.02 Å². The van der Waals surface area contributed by atoms with E-state index in [0.29, 0.717) is 16.3 Å². The van der Waals surface area contributed by atoms with Crippen molar-refractivity contribution in [2.45, 2.75) is 26.8 Å². The van der Waals surface area contributed by atoms with Gasteiger partial charge in [0, 0.05) is 18.3 Å². The van der Waals surface area contributed by atoms with E-state index < -0.39 is 0 Å². The van der Waals surface area contributed by atoms with Crippen LogP contribution in [0.25, 0.3) is 0 Å². The summed E-state index contributed by atoms with van der Waals surface area (Å²) < 4.78 is 0. The van der Waals surface area contributed by atoms with Crippen molar-refractivity contribution >= 4 is 23.2 Å². The molecular formula is C14H22ClN3O. The molecule has 19 heavy (non-hydrogen) atoms. The number of anilines is 1. The van der Waals surface area contributed by atoms with Crippen molar-refractivity contribution in [3.05, 3.63) is 28.8 Å². The first kappa shape index (κ1) is 15.8. The van der Waals surface area contributed by atoms with Gasteiger partial charge in [0.15, 0.2) is 0 Å². The van der Waals surface area contributed by atoms with Gasteiger partial charge in [0.1, 0.15) is 0 Å². The van der Waals surface area contributed by atoms with Gasteiger partial charge in [-0.3, -0.25) is 4.79 Å². The first-order valence-electron chi connectivity index (χ1n) is 6.56. The number of hydrogen-bond acceptors (Lipinski definition) is 3. The zero-order chi connectivity index (χ0) is 14.4. The van der Waals surface area contributed by atoms with E-state index in [-0.39, 0.29) is 11.9 Å². The molecule has 4 nitrogen and oxygen atoms in total. The summed E-state index contributed by atoms with van der Waals surface area (Å²) in [6, 6.07) is 4.99. The van der Waals surface area contributed by atoms with Gasteiger partial charge < -0.3 is 16.0 Å². The van der Waals surface area contributed by atoms with Crippen LogP contribution in [0, 0.1) is 0 Å². The summed E-state index contributed by atoms with van der Waals surface area (Å²) in [5.41, 5.74) is 6.62. The Balaban J connectivity index is 2.63. The Morgan fingerprint density at radius 3 is 2.58 bits per heavy atom. The minimum absolute atomic E-state index is 0.0704. The van der Waals surface area contributed by atoms with Gasteiger partial charge in [-0.25, -0.2) is 0 Å². The quantitative estimate of drug-likeness (QED) is 0.788. The number of likely N-dealkylation sites (N-methyl/N-ethyl adjacent to an activating group) is 1. The molecule has 1 amide bonds. The average molecular weight is 284 g/mol. The number of halogens is 1. The Hall–Kier alpha value is -1.26. The maximum absolute atomic E-state index is 12.1. The first-order valence-corrected chi connectivity index (χ1v) is 6.93. The highest BCUT2D eigenvalue weighted by atomic mass is 35.5. The average Bonchev–Trinajstić information content (AvgIpc) is 2.35. The third-order valence-corrected chi connectivity index (χ3v) is 3.35. The lowest BCUT2D eigenvalue weighted by Crippen LogP contribution is -2.42. The van der Waals surface area contributed by atoms with Crippen LogP contribution >= 0.6 is 11.6 Å². The highest BCUT2D eigenvalue weighted by Crippen LogP contribution is 2.19. The standard InChI is InChI=1S/C14H22ClN3O/c1-4-18(5-2)9-10(3)17-14(19)12-7-6-11(16)8-13(12)15/h6-8,10H,4-5,9,16H2,1-3H3,(H,17,19)/t10-/m1/s1. The zero-order valence-corrected chi connectivity index (χ0v) is 12.5. The molecule has 0 aliphatic rings. The topological polar surface area (TPSA) is 58.4 Å². The number of carbonyl (C=O) groups excluding carboxylic acids is 1. The highest BCUT2D eigenvalue weighted by Gasteiger charge is 2.14. The Kier molecular flexibility index (Phi) is 6.12. The number of rotatable bonds is 6. The molecule has 1 aromatic rings. The second-order valence-corrected chi connectivity index (χ2v) is 5.01. The van der Waals surface area contributed by atoms with Gasteiger partial charge in [0.05, 0.1) is 10.6 Å². The molecule has 1 aromatic carbocycles. The summed E-state index contributed by atoms with van der Waals surface area (Å²) >= 11 is 6.02. The zero-order valence-electron chi connectivity index (χ0n) is 11.7. The summed E-state index contributed by atoms with van der Waals surface area (Å²) in [7, 11) is 0. The van der Waals surface area contributed by atoms with Crippen LogP contribution in [0.1, 0.15) is 31.1 Å². The fraction of sp³-hybridized carbons (Fsp3) is 0.500. The fourth-order valence-corrected chi connectivity index (χ4v) is 2.21. The number of nitrogen functional groups attached to an aromatic ring is 1. The van der Waals surface area contributed by atoms with Crippen molar-refractivity contribution in [2.75, 3.05) is 25.4 Å². The molecule has 0 aromatic heterocycles. The number of amides is 1. The maximum Gasteiger partial charge on any atom is 0.253 e. The highest BCUT2D eigenvalue weighted by molar-refractivity contribution is 6.34. The summed E-state index contributed by atoms with van der Waals surface area (Å²) in [6.45, 7) is 8.97. The molecule has 1 rings (SSSR count). The van der Waals surface area contributed by atoms with Gasteiger partial charge in [-0.15, -0.1) is 0 Å². The smallest absolute Gasteiger partial charge is 0.253 e. The van der Waals surface area contributed by atoms with Crippen molar-refractivity contribution in [3.8, 4) is 0 Å². The van der Waals surface area contributed by atoms with Gasteiger partial charge in [-0.2, -0.15) is 0 Å². The van der Waals surface area contributed by atoms with Gasteiger partial charge in [0.25, 0.3) is 5.91 Å². The van der Waals surface area contributed by atoms with Crippen LogP contribution in [0.5, 0.6) is 0 Å². The second-order valence-electron chi connectivity index (χ2n) is 4.60. The van der Waals surface area contributed by atoms with E-state index in [1.54, 1.807) is 18.2 Å². The third-order valence-electron chi connectivity index (χ3n) is 3.04. The first-order chi connectivity index (χ1) is 8.97. The molecule has 3 N–H and O–H groups in total. The molecule has 0 saturated carbocycles. The summed E-state index contributed by atoms with van der Waals surface area (Å²) in [5.74, 6) is -0.162. The number of nitrogens with two attached hydrogens (primary N) is 1. The van der Waals surface area contributed by atoms with E-state index in [2.05, 4.69) is 24.1 Å². The monoisotopic (exact) mass is 283 g/mol. The normalized spacial score (nSPS) is 12.5. The van der Waals surface area contributed by atoms with E-state index in [1.165, 1.54) is 0 Å². The Morgan fingerprint density at radius 2 is 2.05 bits per heavy atom. The van der Waals surface area contributed by atoms with E-state index in [1.807, 2.05) is 6.92 Å². The van der Waals surface area contributed by atoms with Crippen LogP contribution < -0.4 is 11.1 Å². The molecule has 0 fully saturated rings. The summed E-state index contributed by atoms with van der Waals surface area (Å²) in [6.07, 6.45) is 0. The summed E-state index contributed by atoms with van der Waals surface area (Å²) in [4.78, 5) is 14.3. The van der Waals surface area contributed by atoms with Gasteiger partial charge in [-0.1, -0.05) is 25.4 Å². The molecule has 1 atom stereocenters. The summed E-state index contributed by atoms with van der Waals surface area (Å²) in [5, 5.41) is 3.33. The lowest BCUT2D eigenvalue weighted by Gasteiger charge is -2.23. The Bertz CT molecular complexity index is 433. The minimum Gasteiger partial charge on any atom is -0.399 e. The number of nitrogens with zero attached hydrogens (tertiary/aromatic N) is 1. The van der Waals surface area contributed by atoms with Crippen molar-refractivity contribution in [1.29, 1.82) is 0 Å². The van der Waals surface area contributed by atoms with Gasteiger partial charge >= 0.3 is 0 Å². The second kappa shape index (κ2) is 7.36. The predicted octanol–water partition coefficient (Wildman–Crippen LogP) is 2.38.